The number of thiophene rings is 1. The molecule has 2 rings (SSSR count). The molecule has 2 aromatic rings. The molecular weight excluding hydrogens is 347 g/mol. The van der Waals surface area contributed by atoms with Gasteiger partial charge >= 0.3 is 5.97 Å². The Kier molecular flexibility index (Phi) is 6.02. The Morgan fingerprint density at radius 1 is 1.28 bits per heavy atom. The number of carbonyl (C=O) groups is 3. The van der Waals surface area contributed by atoms with Crippen molar-refractivity contribution in [3.05, 3.63) is 58.7 Å². The standard InChI is InChI=1S/C17H15FN2O4S/c1-10(16(23)20-17-12(15(19)22)8-9-25-17)24-14(21)7-6-11-4-2-3-5-13(11)18/h2-10H,1H3,(H2,19,22)(H,20,23)/b7-6+. The molecule has 1 aromatic carbocycles. The molecule has 2 amide bonds. The van der Waals surface area contributed by atoms with Crippen LogP contribution in [-0.2, 0) is 14.3 Å². The van der Waals surface area contributed by atoms with Gasteiger partial charge in [0.2, 0.25) is 0 Å². The molecule has 1 heterocycles. The molecule has 0 aliphatic carbocycles. The minimum absolute atomic E-state index is 0.177. The predicted molar refractivity (Wildman–Crippen MR) is 92.5 cm³/mol. The van der Waals surface area contributed by atoms with E-state index >= 15 is 0 Å². The van der Waals surface area contributed by atoms with Gasteiger partial charge in [0.05, 0.1) is 5.56 Å². The Labute approximate surface area is 147 Å². The van der Waals surface area contributed by atoms with Gasteiger partial charge in [-0.3, -0.25) is 9.59 Å². The molecule has 0 bridgehead atoms. The number of amides is 2. The SMILES string of the molecule is CC(OC(=O)/C=C/c1ccccc1F)C(=O)Nc1sccc1C(N)=O. The zero-order chi connectivity index (χ0) is 18.4. The van der Waals surface area contributed by atoms with Crippen molar-refractivity contribution < 1.29 is 23.5 Å². The lowest BCUT2D eigenvalue weighted by molar-refractivity contribution is -0.148. The van der Waals surface area contributed by atoms with E-state index < -0.39 is 29.7 Å². The summed E-state index contributed by atoms with van der Waals surface area (Å²) in [5, 5.41) is 4.36. The fourth-order valence-electron chi connectivity index (χ4n) is 1.85. The summed E-state index contributed by atoms with van der Waals surface area (Å²) in [6, 6.07) is 7.40. The van der Waals surface area contributed by atoms with E-state index in [-0.39, 0.29) is 16.1 Å². The van der Waals surface area contributed by atoms with Gasteiger partial charge in [0, 0.05) is 11.6 Å². The second-order valence-electron chi connectivity index (χ2n) is 4.95. The van der Waals surface area contributed by atoms with Crippen LogP contribution in [0.1, 0.15) is 22.8 Å². The molecule has 0 spiro atoms. The topological polar surface area (TPSA) is 98.5 Å². The third-order valence-corrected chi connectivity index (χ3v) is 3.96. The van der Waals surface area contributed by atoms with Crippen molar-refractivity contribution in [2.24, 2.45) is 5.73 Å². The van der Waals surface area contributed by atoms with E-state index in [9.17, 15) is 18.8 Å². The second-order valence-corrected chi connectivity index (χ2v) is 5.87. The Balaban J connectivity index is 1.94. The van der Waals surface area contributed by atoms with Crippen LogP contribution in [0.3, 0.4) is 0 Å². The average molecular weight is 362 g/mol. The van der Waals surface area contributed by atoms with E-state index in [1.54, 1.807) is 11.4 Å². The monoisotopic (exact) mass is 362 g/mol. The average Bonchev–Trinajstić information content (AvgIpc) is 3.02. The summed E-state index contributed by atoms with van der Waals surface area (Å²) >= 11 is 1.12. The third kappa shape index (κ3) is 4.98. The maximum atomic E-state index is 13.4. The van der Waals surface area contributed by atoms with Gasteiger partial charge in [0.15, 0.2) is 6.10 Å². The Hall–Kier alpha value is -3.00. The van der Waals surface area contributed by atoms with Crippen molar-refractivity contribution in [2.75, 3.05) is 5.32 Å². The number of rotatable bonds is 6. The largest absolute Gasteiger partial charge is 0.449 e. The van der Waals surface area contributed by atoms with Crippen molar-refractivity contribution in [3.63, 3.8) is 0 Å². The highest BCUT2D eigenvalue weighted by Gasteiger charge is 2.19. The zero-order valence-electron chi connectivity index (χ0n) is 13.2. The summed E-state index contributed by atoms with van der Waals surface area (Å²) in [6.07, 6.45) is 1.18. The molecule has 1 aromatic heterocycles. The summed E-state index contributed by atoms with van der Waals surface area (Å²) in [5.74, 6) is -2.56. The molecular formula is C17H15FN2O4S. The van der Waals surface area contributed by atoms with Crippen molar-refractivity contribution in [2.45, 2.75) is 13.0 Å². The van der Waals surface area contributed by atoms with Gasteiger partial charge in [0.25, 0.3) is 11.8 Å². The number of halogens is 1. The van der Waals surface area contributed by atoms with Crippen LogP contribution in [-0.4, -0.2) is 23.9 Å². The van der Waals surface area contributed by atoms with Crippen LogP contribution in [0.2, 0.25) is 0 Å². The van der Waals surface area contributed by atoms with E-state index in [4.69, 9.17) is 10.5 Å². The van der Waals surface area contributed by atoms with Crippen molar-refractivity contribution in [1.82, 2.24) is 0 Å². The molecule has 0 radical (unpaired) electrons. The van der Waals surface area contributed by atoms with E-state index in [0.717, 1.165) is 17.4 Å². The molecule has 8 heteroatoms. The fourth-order valence-corrected chi connectivity index (χ4v) is 2.64. The Morgan fingerprint density at radius 2 is 2.00 bits per heavy atom. The number of esters is 1. The first-order valence-corrected chi connectivity index (χ1v) is 8.08. The first-order chi connectivity index (χ1) is 11.9. The van der Waals surface area contributed by atoms with E-state index in [0.29, 0.717) is 0 Å². The van der Waals surface area contributed by atoms with Crippen LogP contribution >= 0.6 is 11.3 Å². The van der Waals surface area contributed by atoms with Crippen LogP contribution in [0.4, 0.5) is 9.39 Å². The highest BCUT2D eigenvalue weighted by atomic mass is 32.1. The van der Waals surface area contributed by atoms with Gasteiger partial charge in [-0.05, 0) is 30.5 Å². The van der Waals surface area contributed by atoms with Gasteiger partial charge in [-0.25, -0.2) is 9.18 Å². The highest BCUT2D eigenvalue weighted by Crippen LogP contribution is 2.23. The van der Waals surface area contributed by atoms with E-state index in [1.165, 1.54) is 37.3 Å². The number of carbonyl (C=O) groups excluding carboxylic acids is 3. The molecule has 3 N–H and O–H groups in total. The molecule has 0 aliphatic heterocycles. The third-order valence-electron chi connectivity index (χ3n) is 3.13. The van der Waals surface area contributed by atoms with Crippen molar-refractivity contribution >= 4 is 40.2 Å². The van der Waals surface area contributed by atoms with Crippen molar-refractivity contribution in [1.29, 1.82) is 0 Å². The number of hydrogen-bond donors (Lipinski definition) is 2. The number of primary amides is 1. The number of ether oxygens (including phenoxy) is 1. The molecule has 6 nitrogen and oxygen atoms in total. The van der Waals surface area contributed by atoms with Crippen LogP contribution in [0.15, 0.2) is 41.8 Å². The normalized spacial score (nSPS) is 11.9. The number of nitrogens with one attached hydrogen (secondary N) is 1. The lowest BCUT2D eigenvalue weighted by atomic mass is 10.2. The summed E-state index contributed by atoms with van der Waals surface area (Å²) in [4.78, 5) is 35.0. The molecule has 1 unspecified atom stereocenters. The van der Waals surface area contributed by atoms with Gasteiger partial charge in [-0.15, -0.1) is 11.3 Å². The fraction of sp³-hybridized carbons (Fsp3) is 0.118. The molecule has 0 saturated carbocycles. The van der Waals surface area contributed by atoms with Gasteiger partial charge < -0.3 is 15.8 Å². The highest BCUT2D eigenvalue weighted by molar-refractivity contribution is 7.14. The first kappa shape index (κ1) is 18.3. The van der Waals surface area contributed by atoms with Gasteiger partial charge in [-0.1, -0.05) is 18.2 Å². The van der Waals surface area contributed by atoms with Gasteiger partial charge in [0.1, 0.15) is 10.8 Å². The van der Waals surface area contributed by atoms with Crippen LogP contribution < -0.4 is 11.1 Å². The number of nitrogens with two attached hydrogens (primary N) is 1. The van der Waals surface area contributed by atoms with Crippen molar-refractivity contribution in [3.8, 4) is 0 Å². The van der Waals surface area contributed by atoms with Crippen LogP contribution in [0.25, 0.3) is 6.08 Å². The van der Waals surface area contributed by atoms with Crippen LogP contribution in [0.5, 0.6) is 0 Å². The number of anilines is 1. The summed E-state index contributed by atoms with van der Waals surface area (Å²) < 4.78 is 18.4. The molecule has 0 fully saturated rings. The lowest BCUT2D eigenvalue weighted by Crippen LogP contribution is -2.29. The summed E-state index contributed by atoms with van der Waals surface area (Å²) in [5.41, 5.74) is 5.59. The smallest absolute Gasteiger partial charge is 0.331 e. The quantitative estimate of drug-likeness (QED) is 0.609. The minimum Gasteiger partial charge on any atom is -0.449 e. The zero-order valence-corrected chi connectivity index (χ0v) is 14.0. The van der Waals surface area contributed by atoms with Gasteiger partial charge in [-0.2, -0.15) is 0 Å². The molecule has 25 heavy (non-hydrogen) atoms. The maximum absolute atomic E-state index is 13.4. The summed E-state index contributed by atoms with van der Waals surface area (Å²) in [6.45, 7) is 1.38. The predicted octanol–water partition coefficient (Wildman–Crippen LogP) is 2.57. The minimum atomic E-state index is -1.11. The van der Waals surface area contributed by atoms with E-state index in [1.807, 2.05) is 0 Å². The second kappa shape index (κ2) is 8.20. The number of benzene rings is 1. The molecule has 1 atom stereocenters. The lowest BCUT2D eigenvalue weighted by Gasteiger charge is -2.12. The first-order valence-electron chi connectivity index (χ1n) is 7.20. The van der Waals surface area contributed by atoms with Crippen LogP contribution in [0, 0.1) is 5.82 Å². The Morgan fingerprint density at radius 3 is 2.68 bits per heavy atom. The molecule has 0 aliphatic rings. The maximum Gasteiger partial charge on any atom is 0.331 e. The molecule has 130 valence electrons. The summed E-state index contributed by atoms with van der Waals surface area (Å²) in [7, 11) is 0. The van der Waals surface area contributed by atoms with E-state index in [2.05, 4.69) is 5.32 Å². The number of hydrogen-bond acceptors (Lipinski definition) is 5. The Bertz CT molecular complexity index is 832. The molecule has 0 saturated heterocycles.